The first-order valence-corrected chi connectivity index (χ1v) is 12.1. The highest BCUT2D eigenvalue weighted by Crippen LogP contribution is 2.30. The number of nitrogens with one attached hydrogen (secondary N) is 1. The number of benzene rings is 2. The van der Waals surface area contributed by atoms with Crippen LogP contribution in [0.4, 0.5) is 18.3 Å². The molecule has 0 aliphatic carbocycles. The lowest BCUT2D eigenvalue weighted by molar-refractivity contribution is -0.137. The average Bonchev–Trinajstić information content (AvgIpc) is 3.27. The number of carbonyl (C=O) groups is 2. The molecule has 0 aliphatic heterocycles. The molecular formula is C23H22BrF3N4O2S. The number of hydrogen-bond acceptors (Lipinski definition) is 5. The molecule has 34 heavy (non-hydrogen) atoms. The van der Waals surface area contributed by atoms with Gasteiger partial charge >= 0.3 is 6.18 Å². The Morgan fingerprint density at radius 2 is 1.74 bits per heavy atom. The van der Waals surface area contributed by atoms with Gasteiger partial charge in [0.25, 0.3) is 5.91 Å². The Labute approximate surface area is 207 Å². The van der Waals surface area contributed by atoms with Gasteiger partial charge in [0.2, 0.25) is 11.0 Å². The molecule has 0 fully saturated rings. The van der Waals surface area contributed by atoms with E-state index in [4.69, 9.17) is 0 Å². The van der Waals surface area contributed by atoms with Crippen molar-refractivity contribution in [1.29, 1.82) is 0 Å². The summed E-state index contributed by atoms with van der Waals surface area (Å²) in [6.07, 6.45) is -3.84. The second-order valence-corrected chi connectivity index (χ2v) is 9.44. The number of nitrogens with zero attached hydrogens (tertiary/aromatic N) is 3. The number of hydrogen-bond donors (Lipinski definition) is 1. The Kier molecular flexibility index (Phi) is 8.42. The van der Waals surface area contributed by atoms with E-state index in [-0.39, 0.29) is 30.5 Å². The van der Waals surface area contributed by atoms with Crippen molar-refractivity contribution in [1.82, 2.24) is 15.1 Å². The molecule has 1 atom stereocenters. The fourth-order valence-electron chi connectivity index (χ4n) is 3.10. The molecule has 0 aliphatic rings. The van der Waals surface area contributed by atoms with Crippen LogP contribution in [0.2, 0.25) is 0 Å². The predicted octanol–water partition coefficient (Wildman–Crippen LogP) is 6.26. The van der Waals surface area contributed by atoms with Crippen LogP contribution < -0.4 is 5.32 Å². The van der Waals surface area contributed by atoms with E-state index in [0.29, 0.717) is 16.6 Å². The minimum Gasteiger partial charge on any atom is -0.335 e. The number of alkyl halides is 3. The summed E-state index contributed by atoms with van der Waals surface area (Å²) in [7, 11) is 0. The minimum atomic E-state index is -4.47. The third-order valence-electron chi connectivity index (χ3n) is 5.19. The highest BCUT2D eigenvalue weighted by Gasteiger charge is 2.30. The van der Waals surface area contributed by atoms with Gasteiger partial charge < -0.3 is 10.2 Å². The van der Waals surface area contributed by atoms with Crippen LogP contribution in [0.15, 0.2) is 53.0 Å². The van der Waals surface area contributed by atoms with Crippen LogP contribution in [0.25, 0.3) is 10.6 Å². The van der Waals surface area contributed by atoms with Crippen LogP contribution in [-0.4, -0.2) is 39.5 Å². The average molecular weight is 555 g/mol. The molecule has 1 N–H and O–H groups in total. The van der Waals surface area contributed by atoms with E-state index in [9.17, 15) is 22.8 Å². The van der Waals surface area contributed by atoms with Crippen molar-refractivity contribution in [2.75, 3.05) is 11.9 Å². The topological polar surface area (TPSA) is 75.2 Å². The summed E-state index contributed by atoms with van der Waals surface area (Å²) < 4.78 is 39.4. The molecule has 3 aromatic rings. The lowest BCUT2D eigenvalue weighted by atomic mass is 10.1. The van der Waals surface area contributed by atoms with Crippen LogP contribution in [0, 0.1) is 0 Å². The maximum absolute atomic E-state index is 13.0. The highest BCUT2D eigenvalue weighted by atomic mass is 79.9. The smallest absolute Gasteiger partial charge is 0.335 e. The summed E-state index contributed by atoms with van der Waals surface area (Å²) in [5.41, 5.74) is 0.182. The van der Waals surface area contributed by atoms with E-state index in [1.165, 1.54) is 16.2 Å². The SMILES string of the molecule is CCC(C)N(CCC(=O)Nc1nnc(-c2ccc(Br)cc2)s1)C(=O)c1ccc(C(F)(F)F)cc1. The molecule has 11 heteroatoms. The molecule has 0 saturated heterocycles. The van der Waals surface area contributed by atoms with Crippen molar-refractivity contribution in [3.05, 3.63) is 64.1 Å². The number of carbonyl (C=O) groups excluding carboxylic acids is 2. The van der Waals surface area contributed by atoms with E-state index in [2.05, 4.69) is 31.4 Å². The Morgan fingerprint density at radius 1 is 1.09 bits per heavy atom. The molecule has 0 spiro atoms. The molecule has 2 aromatic carbocycles. The zero-order valence-electron chi connectivity index (χ0n) is 18.4. The number of aromatic nitrogens is 2. The Hall–Kier alpha value is -2.79. The lowest BCUT2D eigenvalue weighted by Gasteiger charge is -2.28. The predicted molar refractivity (Wildman–Crippen MR) is 129 cm³/mol. The Balaban J connectivity index is 1.63. The summed E-state index contributed by atoms with van der Waals surface area (Å²) in [5, 5.41) is 11.8. The molecule has 0 saturated carbocycles. The zero-order valence-corrected chi connectivity index (χ0v) is 20.8. The van der Waals surface area contributed by atoms with Gasteiger partial charge in [0.05, 0.1) is 5.56 Å². The van der Waals surface area contributed by atoms with E-state index < -0.39 is 17.6 Å². The van der Waals surface area contributed by atoms with Crippen molar-refractivity contribution in [2.45, 2.75) is 38.9 Å². The van der Waals surface area contributed by atoms with Crippen molar-refractivity contribution >= 4 is 44.2 Å². The standard InChI is InChI=1S/C23H22BrF3N4O2S/c1-3-14(2)31(21(33)16-4-8-17(9-5-16)23(25,26)27)13-12-19(32)28-22-30-29-20(34-22)15-6-10-18(24)11-7-15/h4-11,14H,3,12-13H2,1-2H3,(H,28,30,32). The second-order valence-electron chi connectivity index (χ2n) is 7.55. The molecule has 1 unspecified atom stereocenters. The van der Waals surface area contributed by atoms with Crippen molar-refractivity contribution in [3.63, 3.8) is 0 Å². The van der Waals surface area contributed by atoms with Crippen LogP contribution in [0.3, 0.4) is 0 Å². The molecule has 0 radical (unpaired) electrons. The normalized spacial score (nSPS) is 12.3. The molecule has 180 valence electrons. The number of halogens is 4. The molecule has 1 heterocycles. The zero-order chi connectivity index (χ0) is 24.9. The van der Waals surface area contributed by atoms with Crippen LogP contribution in [0.1, 0.15) is 42.6 Å². The van der Waals surface area contributed by atoms with E-state index >= 15 is 0 Å². The van der Waals surface area contributed by atoms with Crippen LogP contribution in [-0.2, 0) is 11.0 Å². The van der Waals surface area contributed by atoms with Crippen molar-refractivity contribution < 1.29 is 22.8 Å². The molecule has 0 bridgehead atoms. The van der Waals surface area contributed by atoms with E-state index in [1.807, 2.05) is 38.1 Å². The first-order chi connectivity index (χ1) is 16.1. The van der Waals surface area contributed by atoms with Crippen molar-refractivity contribution in [2.24, 2.45) is 0 Å². The van der Waals surface area contributed by atoms with Gasteiger partial charge in [0.1, 0.15) is 5.01 Å². The van der Waals surface area contributed by atoms with Gasteiger partial charge in [-0.3, -0.25) is 9.59 Å². The summed E-state index contributed by atoms with van der Waals surface area (Å²) in [6, 6.07) is 11.4. The molecular weight excluding hydrogens is 533 g/mol. The maximum Gasteiger partial charge on any atom is 0.416 e. The first kappa shape index (κ1) is 25.8. The molecule has 6 nitrogen and oxygen atoms in total. The van der Waals surface area contributed by atoms with E-state index in [0.717, 1.165) is 34.3 Å². The highest BCUT2D eigenvalue weighted by molar-refractivity contribution is 9.10. The number of rotatable bonds is 8. The van der Waals surface area contributed by atoms with Gasteiger partial charge in [0.15, 0.2) is 0 Å². The quantitative estimate of drug-likeness (QED) is 0.356. The number of anilines is 1. The second kappa shape index (κ2) is 11.1. The Bertz CT molecular complexity index is 1130. The molecule has 2 amide bonds. The summed E-state index contributed by atoms with van der Waals surface area (Å²) in [5.74, 6) is -0.767. The third-order valence-corrected chi connectivity index (χ3v) is 6.60. The lowest BCUT2D eigenvalue weighted by Crippen LogP contribution is -2.40. The van der Waals surface area contributed by atoms with Crippen LogP contribution >= 0.6 is 27.3 Å². The number of amides is 2. The van der Waals surface area contributed by atoms with Crippen molar-refractivity contribution in [3.8, 4) is 10.6 Å². The molecule has 1 aromatic heterocycles. The molecule has 3 rings (SSSR count). The monoisotopic (exact) mass is 554 g/mol. The minimum absolute atomic E-state index is 0.00388. The largest absolute Gasteiger partial charge is 0.416 e. The van der Waals surface area contributed by atoms with Gasteiger partial charge in [-0.05, 0) is 49.7 Å². The van der Waals surface area contributed by atoms with Gasteiger partial charge in [-0.25, -0.2) is 0 Å². The third kappa shape index (κ3) is 6.63. The van der Waals surface area contributed by atoms with Gasteiger partial charge in [-0.1, -0.05) is 46.3 Å². The van der Waals surface area contributed by atoms with E-state index in [1.54, 1.807) is 0 Å². The fourth-order valence-corrected chi connectivity index (χ4v) is 4.13. The van der Waals surface area contributed by atoms with Gasteiger partial charge in [-0.2, -0.15) is 13.2 Å². The fraction of sp³-hybridized carbons (Fsp3) is 0.304. The maximum atomic E-state index is 13.0. The summed E-state index contributed by atoms with van der Waals surface area (Å²) in [6.45, 7) is 3.83. The first-order valence-electron chi connectivity index (χ1n) is 10.5. The van der Waals surface area contributed by atoms with Gasteiger partial charge in [0, 0.05) is 34.6 Å². The van der Waals surface area contributed by atoms with Crippen LogP contribution in [0.5, 0.6) is 0 Å². The van der Waals surface area contributed by atoms with Gasteiger partial charge in [-0.15, -0.1) is 10.2 Å². The Morgan fingerprint density at radius 3 is 2.32 bits per heavy atom. The summed E-state index contributed by atoms with van der Waals surface area (Å²) >= 11 is 4.60. The summed E-state index contributed by atoms with van der Waals surface area (Å²) in [4.78, 5) is 26.9.